The monoisotopic (exact) mass is 403 g/mol. The van der Waals surface area contributed by atoms with Crippen molar-refractivity contribution in [1.29, 1.82) is 0 Å². The number of hydrogen-bond donors (Lipinski definition) is 0. The average molecular weight is 405 g/mol. The Morgan fingerprint density at radius 1 is 1.20 bits per heavy atom. The van der Waals surface area contributed by atoms with Gasteiger partial charge in [-0.2, -0.15) is 0 Å². The number of benzene rings is 2. The molecule has 7 heteroatoms. The lowest BCUT2D eigenvalue weighted by Crippen LogP contribution is -1.94. The van der Waals surface area contributed by atoms with Gasteiger partial charge in [-0.15, -0.1) is 0 Å². The molecule has 0 fully saturated rings. The Kier molecular flexibility index (Phi) is 4.72. The lowest BCUT2D eigenvalue weighted by molar-refractivity contribution is -0.385. The largest absolute Gasteiger partial charge is 0.457 e. The van der Waals surface area contributed by atoms with E-state index in [0.717, 1.165) is 0 Å². The molecule has 0 aliphatic rings. The van der Waals surface area contributed by atoms with Crippen molar-refractivity contribution in [1.82, 2.24) is 0 Å². The van der Waals surface area contributed by atoms with Gasteiger partial charge in [-0.1, -0.05) is 15.9 Å². The molecule has 0 heterocycles. The molecule has 0 saturated heterocycles. The molecule has 2 aromatic carbocycles. The molecule has 0 unspecified atom stereocenters. The van der Waals surface area contributed by atoms with Gasteiger partial charge in [0.2, 0.25) is 0 Å². The van der Waals surface area contributed by atoms with Crippen molar-refractivity contribution >= 4 is 37.5 Å². The molecule has 4 nitrogen and oxygen atoms in total. The highest BCUT2D eigenvalue weighted by Crippen LogP contribution is 2.30. The van der Waals surface area contributed by atoms with E-state index in [1.165, 1.54) is 24.3 Å². The maximum atomic E-state index is 13.4. The van der Waals surface area contributed by atoms with Gasteiger partial charge in [-0.25, -0.2) is 4.39 Å². The van der Waals surface area contributed by atoms with Crippen LogP contribution >= 0.6 is 31.9 Å². The third kappa shape index (κ3) is 3.34. The molecule has 2 rings (SSSR count). The molecule has 2 aromatic rings. The number of nitro groups is 1. The fraction of sp³-hybridized carbons (Fsp3) is 0.0769. The lowest BCUT2D eigenvalue weighted by atomic mass is 10.2. The van der Waals surface area contributed by atoms with Crippen LogP contribution < -0.4 is 4.74 Å². The highest BCUT2D eigenvalue weighted by molar-refractivity contribution is 9.10. The Morgan fingerprint density at radius 3 is 2.45 bits per heavy atom. The van der Waals surface area contributed by atoms with Crippen LogP contribution in [0.3, 0.4) is 0 Å². The zero-order chi connectivity index (χ0) is 14.7. The third-order valence-corrected chi connectivity index (χ3v) is 3.77. The molecule has 0 spiro atoms. The zero-order valence-corrected chi connectivity index (χ0v) is 13.1. The quantitative estimate of drug-likeness (QED) is 0.400. The van der Waals surface area contributed by atoms with Crippen LogP contribution in [0.1, 0.15) is 5.56 Å². The van der Waals surface area contributed by atoms with Crippen molar-refractivity contribution in [2.75, 3.05) is 0 Å². The van der Waals surface area contributed by atoms with Gasteiger partial charge >= 0.3 is 0 Å². The molecule has 0 amide bonds. The van der Waals surface area contributed by atoms with E-state index in [-0.39, 0.29) is 5.69 Å². The predicted octanol–water partition coefficient (Wildman–Crippen LogP) is 5.18. The van der Waals surface area contributed by atoms with Gasteiger partial charge in [0.15, 0.2) is 0 Å². The molecule has 0 aliphatic carbocycles. The smallest absolute Gasteiger partial charge is 0.273 e. The van der Waals surface area contributed by atoms with Gasteiger partial charge in [0, 0.05) is 23.0 Å². The fourth-order valence-electron chi connectivity index (χ4n) is 1.59. The minimum absolute atomic E-state index is 0.0104. The summed E-state index contributed by atoms with van der Waals surface area (Å²) in [6.45, 7) is 0. The summed E-state index contributed by atoms with van der Waals surface area (Å²) in [4.78, 5) is 10.4. The molecule has 0 atom stereocenters. The maximum absolute atomic E-state index is 13.4. The van der Waals surface area contributed by atoms with Crippen LogP contribution in [0.25, 0.3) is 0 Å². The second-order valence-electron chi connectivity index (χ2n) is 3.86. The Labute approximate surface area is 131 Å². The van der Waals surface area contributed by atoms with Gasteiger partial charge in [0.05, 0.1) is 9.40 Å². The third-order valence-electron chi connectivity index (χ3n) is 2.52. The van der Waals surface area contributed by atoms with Gasteiger partial charge in [-0.05, 0) is 40.2 Å². The predicted molar refractivity (Wildman–Crippen MR) is 79.9 cm³/mol. The van der Waals surface area contributed by atoms with Crippen LogP contribution in [0.2, 0.25) is 0 Å². The molecule has 0 aromatic heterocycles. The van der Waals surface area contributed by atoms with Gasteiger partial charge < -0.3 is 4.74 Å². The standard InChI is InChI=1S/C13H8Br2FNO3/c14-7-8-5-9(2-4-13(8)17(18)19)20-10-1-3-11(15)12(16)6-10/h1-6H,7H2. The molecule has 0 aliphatic heterocycles. The number of ether oxygens (including phenoxy) is 1. The van der Waals surface area contributed by atoms with Crippen LogP contribution in [0.4, 0.5) is 10.1 Å². The van der Waals surface area contributed by atoms with Crippen LogP contribution in [0, 0.1) is 15.9 Å². The Morgan fingerprint density at radius 2 is 1.85 bits per heavy atom. The number of alkyl halides is 1. The van der Waals surface area contributed by atoms with Crippen molar-refractivity contribution in [3.8, 4) is 11.5 Å². The van der Waals surface area contributed by atoms with Crippen molar-refractivity contribution < 1.29 is 14.1 Å². The molecular weight excluding hydrogens is 397 g/mol. The Balaban J connectivity index is 2.29. The van der Waals surface area contributed by atoms with Gasteiger partial charge in [-0.3, -0.25) is 10.1 Å². The van der Waals surface area contributed by atoms with Crippen molar-refractivity contribution in [2.45, 2.75) is 5.33 Å². The summed E-state index contributed by atoms with van der Waals surface area (Å²) in [5.41, 5.74) is 0.501. The van der Waals surface area contributed by atoms with E-state index in [2.05, 4.69) is 31.9 Å². The van der Waals surface area contributed by atoms with E-state index in [0.29, 0.717) is 26.9 Å². The first-order chi connectivity index (χ1) is 9.51. The minimum atomic E-state index is -0.459. The first-order valence-corrected chi connectivity index (χ1v) is 7.39. The number of hydrogen-bond acceptors (Lipinski definition) is 3. The summed E-state index contributed by atoms with van der Waals surface area (Å²) in [6.07, 6.45) is 0. The van der Waals surface area contributed by atoms with E-state index in [9.17, 15) is 14.5 Å². The summed E-state index contributed by atoms with van der Waals surface area (Å²) >= 11 is 6.24. The van der Waals surface area contributed by atoms with Gasteiger partial charge in [0.1, 0.15) is 17.3 Å². The molecule has 104 valence electrons. The van der Waals surface area contributed by atoms with Crippen LogP contribution in [0.5, 0.6) is 11.5 Å². The van der Waals surface area contributed by atoms with Crippen molar-refractivity contribution in [3.63, 3.8) is 0 Å². The summed E-state index contributed by atoms with van der Waals surface area (Å²) < 4.78 is 19.2. The average Bonchev–Trinajstić information content (AvgIpc) is 2.42. The molecule has 0 radical (unpaired) electrons. The van der Waals surface area contributed by atoms with E-state index in [1.54, 1.807) is 12.1 Å². The highest BCUT2D eigenvalue weighted by atomic mass is 79.9. The second-order valence-corrected chi connectivity index (χ2v) is 5.27. The molecule has 0 bridgehead atoms. The Hall–Kier alpha value is -1.47. The summed E-state index contributed by atoms with van der Waals surface area (Å²) in [7, 11) is 0. The van der Waals surface area contributed by atoms with Crippen LogP contribution in [-0.2, 0) is 5.33 Å². The van der Waals surface area contributed by atoms with Crippen LogP contribution in [0.15, 0.2) is 40.9 Å². The topological polar surface area (TPSA) is 52.4 Å². The van der Waals surface area contributed by atoms with E-state index in [4.69, 9.17) is 4.74 Å². The Bertz CT molecular complexity index is 664. The molecule has 0 N–H and O–H groups in total. The van der Waals surface area contributed by atoms with Crippen LogP contribution in [-0.4, -0.2) is 4.92 Å². The zero-order valence-electron chi connectivity index (χ0n) is 9.98. The van der Waals surface area contributed by atoms with Crippen molar-refractivity contribution in [2.24, 2.45) is 0 Å². The van der Waals surface area contributed by atoms with E-state index >= 15 is 0 Å². The summed E-state index contributed by atoms with van der Waals surface area (Å²) in [6, 6.07) is 8.75. The number of halogens is 3. The van der Waals surface area contributed by atoms with Crippen molar-refractivity contribution in [3.05, 3.63) is 62.4 Å². The summed E-state index contributed by atoms with van der Waals surface area (Å²) in [5.74, 6) is 0.289. The van der Waals surface area contributed by atoms with Gasteiger partial charge in [0.25, 0.3) is 5.69 Å². The normalized spacial score (nSPS) is 10.3. The van der Waals surface area contributed by atoms with E-state index in [1.807, 2.05) is 0 Å². The number of rotatable bonds is 4. The lowest BCUT2D eigenvalue weighted by Gasteiger charge is -2.08. The summed E-state index contributed by atoms with van der Waals surface area (Å²) in [5, 5.41) is 11.2. The molecule has 0 saturated carbocycles. The highest BCUT2D eigenvalue weighted by Gasteiger charge is 2.14. The first kappa shape index (κ1) is 14.9. The molecule has 20 heavy (non-hydrogen) atoms. The first-order valence-electron chi connectivity index (χ1n) is 5.47. The minimum Gasteiger partial charge on any atom is -0.457 e. The molecular formula is C13H8Br2FNO3. The second kappa shape index (κ2) is 6.32. The van der Waals surface area contributed by atoms with E-state index < -0.39 is 10.7 Å². The maximum Gasteiger partial charge on any atom is 0.273 e. The SMILES string of the molecule is O=[N+]([O-])c1ccc(Oc2ccc(Br)c(F)c2)cc1CBr. The number of nitro benzene ring substituents is 1. The number of nitrogens with zero attached hydrogens (tertiary/aromatic N) is 1. The fourth-order valence-corrected chi connectivity index (χ4v) is 2.28.